The summed E-state index contributed by atoms with van der Waals surface area (Å²) in [7, 11) is 1.69. The van der Waals surface area contributed by atoms with Crippen LogP contribution in [0.15, 0.2) is 77.3 Å². The van der Waals surface area contributed by atoms with Gasteiger partial charge in [0.25, 0.3) is 5.91 Å². The zero-order valence-electron chi connectivity index (χ0n) is 14.7. The second kappa shape index (κ2) is 8.18. The molecule has 0 aromatic heterocycles. The minimum Gasteiger partial charge on any atom is -0.508 e. The van der Waals surface area contributed by atoms with Crippen LogP contribution < -0.4 is 0 Å². The topological polar surface area (TPSA) is 57.6 Å². The number of hydrogen-bond acceptors (Lipinski definition) is 3. The number of hydrogen-bond donors (Lipinski definition) is 1. The van der Waals surface area contributed by atoms with Crippen LogP contribution in [-0.2, 0) is 6.54 Å². The van der Waals surface area contributed by atoms with Crippen molar-refractivity contribution >= 4 is 27.6 Å². The molecule has 5 heteroatoms. The molecular weight excluding hydrogens is 406 g/mol. The molecule has 3 aromatic rings. The molecule has 0 aliphatic carbocycles. The average molecular weight is 424 g/mol. The van der Waals surface area contributed by atoms with E-state index in [2.05, 4.69) is 15.9 Å². The van der Waals surface area contributed by atoms with Gasteiger partial charge in [-0.15, -0.1) is 0 Å². The van der Waals surface area contributed by atoms with E-state index in [1.165, 1.54) is 0 Å². The number of rotatable bonds is 5. The maximum Gasteiger partial charge on any atom is 0.254 e. The maximum absolute atomic E-state index is 12.9. The Morgan fingerprint density at radius 1 is 0.889 bits per heavy atom. The van der Waals surface area contributed by atoms with Crippen LogP contribution in [0.4, 0.5) is 0 Å². The van der Waals surface area contributed by atoms with Gasteiger partial charge in [0.05, 0.1) is 5.56 Å². The van der Waals surface area contributed by atoms with Crippen molar-refractivity contribution in [2.24, 2.45) is 0 Å². The average Bonchev–Trinajstić information content (AvgIpc) is 2.69. The summed E-state index contributed by atoms with van der Waals surface area (Å²) in [6, 6.07) is 20.6. The van der Waals surface area contributed by atoms with Crippen molar-refractivity contribution in [3.8, 4) is 5.75 Å². The fourth-order valence-corrected chi connectivity index (χ4v) is 3.04. The monoisotopic (exact) mass is 423 g/mol. The summed E-state index contributed by atoms with van der Waals surface area (Å²) < 4.78 is 0.886. The van der Waals surface area contributed by atoms with Crippen molar-refractivity contribution in [1.82, 2.24) is 4.90 Å². The smallest absolute Gasteiger partial charge is 0.254 e. The quantitative estimate of drug-likeness (QED) is 0.607. The minimum absolute atomic E-state index is 0.179. The van der Waals surface area contributed by atoms with Gasteiger partial charge in [0.1, 0.15) is 5.75 Å². The molecule has 0 spiro atoms. The molecule has 0 saturated carbocycles. The minimum atomic E-state index is -0.232. The lowest BCUT2D eigenvalue weighted by atomic mass is 9.97. The number of ketones is 1. The van der Waals surface area contributed by atoms with E-state index >= 15 is 0 Å². The number of carbonyl (C=O) groups excluding carboxylic acids is 2. The van der Waals surface area contributed by atoms with Gasteiger partial charge in [-0.2, -0.15) is 0 Å². The van der Waals surface area contributed by atoms with Gasteiger partial charge in [-0.05, 0) is 48.0 Å². The van der Waals surface area contributed by atoms with Crippen LogP contribution in [0.1, 0.15) is 31.8 Å². The Morgan fingerprint density at radius 3 is 2.11 bits per heavy atom. The SMILES string of the molecule is CN(Cc1ccc(O)cc1)C(=O)c1ccccc1C(=O)c1ccc(Br)cc1. The molecule has 0 bridgehead atoms. The third-order valence-corrected chi connectivity index (χ3v) is 4.74. The highest BCUT2D eigenvalue weighted by Gasteiger charge is 2.20. The molecule has 0 aliphatic heterocycles. The first-order valence-electron chi connectivity index (χ1n) is 8.38. The third kappa shape index (κ3) is 4.44. The number of benzene rings is 3. The first-order chi connectivity index (χ1) is 13.0. The summed E-state index contributed by atoms with van der Waals surface area (Å²) in [6.45, 7) is 0.375. The summed E-state index contributed by atoms with van der Waals surface area (Å²) in [5.74, 6) is -0.244. The molecule has 0 heterocycles. The Balaban J connectivity index is 1.85. The van der Waals surface area contributed by atoms with Crippen LogP contribution in [0.5, 0.6) is 5.75 Å². The van der Waals surface area contributed by atoms with Gasteiger partial charge < -0.3 is 10.0 Å². The molecule has 0 unspecified atom stereocenters. The molecular formula is C22H18BrNO3. The predicted octanol–water partition coefficient (Wildman–Crippen LogP) is 4.66. The molecule has 0 fully saturated rings. The van der Waals surface area contributed by atoms with Gasteiger partial charge in [-0.1, -0.05) is 46.3 Å². The number of halogens is 1. The Labute approximate surface area is 166 Å². The predicted molar refractivity (Wildman–Crippen MR) is 108 cm³/mol. The molecule has 0 saturated heterocycles. The molecule has 0 aliphatic rings. The lowest BCUT2D eigenvalue weighted by molar-refractivity contribution is 0.0780. The molecule has 4 nitrogen and oxygen atoms in total. The van der Waals surface area contributed by atoms with E-state index in [0.29, 0.717) is 23.2 Å². The number of nitrogens with zero attached hydrogens (tertiary/aromatic N) is 1. The van der Waals surface area contributed by atoms with Crippen LogP contribution in [-0.4, -0.2) is 28.7 Å². The van der Waals surface area contributed by atoms with E-state index in [9.17, 15) is 14.7 Å². The fraction of sp³-hybridized carbons (Fsp3) is 0.0909. The van der Waals surface area contributed by atoms with Crippen LogP contribution in [0.25, 0.3) is 0 Å². The molecule has 136 valence electrons. The molecule has 1 amide bonds. The highest BCUT2D eigenvalue weighted by atomic mass is 79.9. The zero-order valence-corrected chi connectivity index (χ0v) is 16.3. The van der Waals surface area contributed by atoms with Gasteiger partial charge in [0, 0.05) is 29.2 Å². The van der Waals surface area contributed by atoms with E-state index in [1.54, 1.807) is 84.7 Å². The van der Waals surface area contributed by atoms with Crippen LogP contribution in [0.3, 0.4) is 0 Å². The molecule has 3 rings (SSSR count). The summed E-state index contributed by atoms with van der Waals surface area (Å²) >= 11 is 3.36. The molecule has 0 radical (unpaired) electrons. The second-order valence-electron chi connectivity index (χ2n) is 6.21. The Morgan fingerprint density at radius 2 is 1.48 bits per heavy atom. The molecule has 27 heavy (non-hydrogen) atoms. The summed E-state index contributed by atoms with van der Waals surface area (Å²) in [5, 5.41) is 9.38. The Kier molecular flexibility index (Phi) is 5.72. The van der Waals surface area contributed by atoms with Crippen molar-refractivity contribution in [3.05, 3.63) is 99.5 Å². The number of aromatic hydroxyl groups is 1. The van der Waals surface area contributed by atoms with Crippen LogP contribution in [0, 0.1) is 0 Å². The lowest BCUT2D eigenvalue weighted by Gasteiger charge is -2.19. The second-order valence-corrected chi connectivity index (χ2v) is 7.12. The number of amides is 1. The van der Waals surface area contributed by atoms with Gasteiger partial charge in [-0.25, -0.2) is 0 Å². The summed E-state index contributed by atoms with van der Waals surface area (Å²) in [6.07, 6.45) is 0. The van der Waals surface area contributed by atoms with Gasteiger partial charge in [-0.3, -0.25) is 9.59 Å². The van der Waals surface area contributed by atoms with E-state index < -0.39 is 0 Å². The number of phenols is 1. The van der Waals surface area contributed by atoms with E-state index in [1.807, 2.05) is 0 Å². The molecule has 0 atom stereocenters. The van der Waals surface area contributed by atoms with Crippen molar-refractivity contribution in [2.45, 2.75) is 6.54 Å². The first-order valence-corrected chi connectivity index (χ1v) is 9.17. The van der Waals surface area contributed by atoms with Crippen molar-refractivity contribution < 1.29 is 14.7 Å². The van der Waals surface area contributed by atoms with E-state index in [-0.39, 0.29) is 17.4 Å². The normalized spacial score (nSPS) is 10.4. The van der Waals surface area contributed by atoms with Crippen LogP contribution >= 0.6 is 15.9 Å². The first kappa shape index (κ1) is 18.9. The highest BCUT2D eigenvalue weighted by molar-refractivity contribution is 9.10. The Bertz CT molecular complexity index is 966. The summed E-state index contributed by atoms with van der Waals surface area (Å²) in [4.78, 5) is 27.4. The zero-order chi connectivity index (χ0) is 19.4. The van der Waals surface area contributed by atoms with Gasteiger partial charge in [0.15, 0.2) is 5.78 Å². The Hall–Kier alpha value is -2.92. The molecule has 1 N–H and O–H groups in total. The van der Waals surface area contributed by atoms with Crippen molar-refractivity contribution in [2.75, 3.05) is 7.05 Å². The number of carbonyl (C=O) groups is 2. The summed E-state index contributed by atoms with van der Waals surface area (Å²) in [5.41, 5.74) is 2.16. The largest absolute Gasteiger partial charge is 0.508 e. The van der Waals surface area contributed by atoms with Gasteiger partial charge in [0.2, 0.25) is 0 Å². The van der Waals surface area contributed by atoms with E-state index in [4.69, 9.17) is 0 Å². The van der Waals surface area contributed by atoms with Gasteiger partial charge >= 0.3 is 0 Å². The maximum atomic E-state index is 12.9. The number of phenolic OH excluding ortho intramolecular Hbond substituents is 1. The standard InChI is InChI=1S/C22H18BrNO3/c1-24(14-15-6-12-18(25)13-7-15)22(27)20-5-3-2-4-19(20)21(26)16-8-10-17(23)11-9-16/h2-13,25H,14H2,1H3. The van der Waals surface area contributed by atoms with Crippen molar-refractivity contribution in [1.29, 1.82) is 0 Å². The third-order valence-electron chi connectivity index (χ3n) is 4.21. The highest BCUT2D eigenvalue weighted by Crippen LogP contribution is 2.19. The van der Waals surface area contributed by atoms with E-state index in [0.717, 1.165) is 10.0 Å². The lowest BCUT2D eigenvalue weighted by Crippen LogP contribution is -2.27. The molecule has 3 aromatic carbocycles. The van der Waals surface area contributed by atoms with Crippen LogP contribution in [0.2, 0.25) is 0 Å². The van der Waals surface area contributed by atoms with Crippen molar-refractivity contribution in [3.63, 3.8) is 0 Å². The fourth-order valence-electron chi connectivity index (χ4n) is 2.78.